The van der Waals surface area contributed by atoms with Gasteiger partial charge >= 0.3 is 0 Å². The lowest BCUT2D eigenvalue weighted by molar-refractivity contribution is -0.120. The van der Waals surface area contributed by atoms with E-state index < -0.39 is 5.82 Å². The van der Waals surface area contributed by atoms with Crippen molar-refractivity contribution in [3.63, 3.8) is 0 Å². The van der Waals surface area contributed by atoms with Gasteiger partial charge in [0, 0.05) is 31.7 Å². The first-order chi connectivity index (χ1) is 9.47. The van der Waals surface area contributed by atoms with Gasteiger partial charge in [-0.3, -0.25) is 9.59 Å². The van der Waals surface area contributed by atoms with Crippen LogP contribution >= 0.6 is 0 Å². The average Bonchev–Trinajstić information content (AvgIpc) is 2.37. The summed E-state index contributed by atoms with van der Waals surface area (Å²) in [4.78, 5) is 24.9. The minimum Gasteiger partial charge on any atom is -0.399 e. The zero-order valence-corrected chi connectivity index (χ0v) is 11.4. The van der Waals surface area contributed by atoms with Crippen LogP contribution in [0.3, 0.4) is 0 Å². The lowest BCUT2D eigenvalue weighted by atomic mass is 10.0. The van der Waals surface area contributed by atoms with E-state index >= 15 is 0 Å². The van der Waals surface area contributed by atoms with E-state index in [1.54, 1.807) is 4.90 Å². The summed E-state index contributed by atoms with van der Waals surface area (Å²) in [6.45, 7) is 2.42. The Bertz CT molecular complexity index is 533. The molecule has 0 spiro atoms. The number of nitrogen functional groups attached to an aromatic ring is 1. The summed E-state index contributed by atoms with van der Waals surface area (Å²) in [6, 6.07) is 3.98. The predicted octanol–water partition coefficient (Wildman–Crippen LogP) is 1.15. The Hall–Kier alpha value is -2.11. The number of nitrogens with zero attached hydrogens (tertiary/aromatic N) is 1. The van der Waals surface area contributed by atoms with Crippen molar-refractivity contribution >= 4 is 17.5 Å². The Labute approximate surface area is 116 Å². The molecule has 0 bridgehead atoms. The zero-order chi connectivity index (χ0) is 14.7. The highest BCUT2D eigenvalue weighted by molar-refractivity contribution is 5.95. The van der Waals surface area contributed by atoms with Gasteiger partial charge in [0.25, 0.3) is 5.91 Å². The van der Waals surface area contributed by atoms with E-state index in [0.29, 0.717) is 13.1 Å². The van der Waals surface area contributed by atoms with E-state index in [0.717, 1.165) is 18.9 Å². The van der Waals surface area contributed by atoms with E-state index in [1.165, 1.54) is 19.1 Å². The highest BCUT2D eigenvalue weighted by Gasteiger charge is 2.26. The molecule has 6 heteroatoms. The molecule has 0 aromatic heterocycles. The number of amides is 2. The standard InChI is InChI=1S/C14H18FN3O2/c1-9(19)17-11-3-2-6-18(8-11)14(20)12-5-4-10(16)7-13(12)15/h4-5,7,11H,2-3,6,8,16H2,1H3,(H,17,19). The zero-order valence-electron chi connectivity index (χ0n) is 11.4. The summed E-state index contributed by atoms with van der Waals surface area (Å²) in [5.74, 6) is -1.10. The molecule has 1 aliphatic heterocycles. The SMILES string of the molecule is CC(=O)NC1CCCN(C(=O)c2ccc(N)cc2F)C1. The number of halogens is 1. The van der Waals surface area contributed by atoms with Crippen molar-refractivity contribution in [2.45, 2.75) is 25.8 Å². The second kappa shape index (κ2) is 5.90. The highest BCUT2D eigenvalue weighted by atomic mass is 19.1. The van der Waals surface area contributed by atoms with E-state index in [-0.39, 0.29) is 29.1 Å². The quantitative estimate of drug-likeness (QED) is 0.797. The van der Waals surface area contributed by atoms with Gasteiger partial charge < -0.3 is 16.0 Å². The van der Waals surface area contributed by atoms with Gasteiger partial charge in [0.15, 0.2) is 0 Å². The monoisotopic (exact) mass is 279 g/mol. The van der Waals surface area contributed by atoms with Gasteiger partial charge in [-0.15, -0.1) is 0 Å². The third-order valence-electron chi connectivity index (χ3n) is 3.34. The number of carbonyl (C=O) groups excluding carboxylic acids is 2. The highest BCUT2D eigenvalue weighted by Crippen LogP contribution is 2.17. The van der Waals surface area contributed by atoms with Gasteiger partial charge in [0.2, 0.25) is 5.91 Å². The number of rotatable bonds is 2. The van der Waals surface area contributed by atoms with Gasteiger partial charge in [-0.2, -0.15) is 0 Å². The molecule has 0 radical (unpaired) electrons. The third kappa shape index (κ3) is 3.26. The summed E-state index contributed by atoms with van der Waals surface area (Å²) >= 11 is 0. The summed E-state index contributed by atoms with van der Waals surface area (Å²) in [6.07, 6.45) is 1.61. The Morgan fingerprint density at radius 2 is 2.20 bits per heavy atom. The fourth-order valence-corrected chi connectivity index (χ4v) is 2.44. The number of nitrogens with two attached hydrogens (primary N) is 1. The second-order valence-corrected chi connectivity index (χ2v) is 5.03. The maximum absolute atomic E-state index is 13.8. The van der Waals surface area contributed by atoms with Crippen LogP contribution in [-0.4, -0.2) is 35.8 Å². The molecule has 1 saturated heterocycles. The van der Waals surface area contributed by atoms with Gasteiger partial charge in [0.05, 0.1) is 5.56 Å². The molecule has 1 fully saturated rings. The minimum atomic E-state index is -0.614. The van der Waals surface area contributed by atoms with Gasteiger partial charge in [-0.05, 0) is 31.0 Å². The number of hydrogen-bond donors (Lipinski definition) is 2. The van der Waals surface area contributed by atoms with Crippen molar-refractivity contribution in [1.29, 1.82) is 0 Å². The molecule has 1 aliphatic rings. The molecule has 1 atom stereocenters. The number of hydrogen-bond acceptors (Lipinski definition) is 3. The predicted molar refractivity (Wildman–Crippen MR) is 73.6 cm³/mol. The number of carbonyl (C=O) groups is 2. The van der Waals surface area contributed by atoms with E-state index in [1.807, 2.05) is 0 Å². The molecular weight excluding hydrogens is 261 g/mol. The Kier molecular flexibility index (Phi) is 4.22. The number of anilines is 1. The van der Waals surface area contributed by atoms with Gasteiger partial charge in [-0.1, -0.05) is 0 Å². The first kappa shape index (κ1) is 14.3. The largest absolute Gasteiger partial charge is 0.399 e. The maximum atomic E-state index is 13.8. The summed E-state index contributed by atoms with van der Waals surface area (Å²) < 4.78 is 13.8. The molecule has 2 rings (SSSR count). The van der Waals surface area contributed by atoms with Gasteiger partial charge in [-0.25, -0.2) is 4.39 Å². The second-order valence-electron chi connectivity index (χ2n) is 5.03. The van der Waals surface area contributed by atoms with Crippen molar-refractivity contribution in [3.05, 3.63) is 29.6 Å². The lowest BCUT2D eigenvalue weighted by Gasteiger charge is -2.33. The topological polar surface area (TPSA) is 75.4 Å². The summed E-state index contributed by atoms with van der Waals surface area (Å²) in [7, 11) is 0. The Morgan fingerprint density at radius 1 is 1.45 bits per heavy atom. The first-order valence-electron chi connectivity index (χ1n) is 6.59. The average molecular weight is 279 g/mol. The molecule has 1 aromatic carbocycles. The minimum absolute atomic E-state index is 0.0164. The summed E-state index contributed by atoms with van der Waals surface area (Å²) in [5.41, 5.74) is 5.77. The van der Waals surface area contributed by atoms with Crippen molar-refractivity contribution in [2.24, 2.45) is 0 Å². The molecule has 1 unspecified atom stereocenters. The molecule has 0 saturated carbocycles. The smallest absolute Gasteiger partial charge is 0.256 e. The molecule has 1 heterocycles. The van der Waals surface area contributed by atoms with Crippen LogP contribution in [0.4, 0.5) is 10.1 Å². The molecule has 3 N–H and O–H groups in total. The molecule has 0 aliphatic carbocycles. The van der Waals surface area contributed by atoms with Crippen molar-refractivity contribution in [2.75, 3.05) is 18.8 Å². The van der Waals surface area contributed by atoms with Crippen LogP contribution in [-0.2, 0) is 4.79 Å². The first-order valence-corrected chi connectivity index (χ1v) is 6.59. The molecule has 108 valence electrons. The molecule has 20 heavy (non-hydrogen) atoms. The molecule has 2 amide bonds. The van der Waals surface area contributed by atoms with Gasteiger partial charge in [0.1, 0.15) is 5.82 Å². The van der Waals surface area contributed by atoms with Crippen molar-refractivity contribution in [3.8, 4) is 0 Å². The number of nitrogens with one attached hydrogen (secondary N) is 1. The normalized spacial score (nSPS) is 18.7. The molecular formula is C14H18FN3O2. The van der Waals surface area contributed by atoms with E-state index in [2.05, 4.69) is 5.32 Å². The van der Waals surface area contributed by atoms with Crippen LogP contribution < -0.4 is 11.1 Å². The fourth-order valence-electron chi connectivity index (χ4n) is 2.44. The van der Waals surface area contributed by atoms with Crippen LogP contribution in [0.5, 0.6) is 0 Å². The van der Waals surface area contributed by atoms with E-state index in [4.69, 9.17) is 5.73 Å². The van der Waals surface area contributed by atoms with E-state index in [9.17, 15) is 14.0 Å². The maximum Gasteiger partial charge on any atom is 0.256 e. The van der Waals surface area contributed by atoms with Crippen LogP contribution in [0.1, 0.15) is 30.1 Å². The van der Waals surface area contributed by atoms with Crippen LogP contribution in [0.2, 0.25) is 0 Å². The number of piperidine rings is 1. The Balaban J connectivity index is 2.10. The van der Waals surface area contributed by atoms with Crippen LogP contribution in [0.15, 0.2) is 18.2 Å². The third-order valence-corrected chi connectivity index (χ3v) is 3.34. The fraction of sp³-hybridized carbons (Fsp3) is 0.429. The summed E-state index contributed by atoms with van der Waals surface area (Å²) in [5, 5.41) is 2.80. The lowest BCUT2D eigenvalue weighted by Crippen LogP contribution is -2.49. The van der Waals surface area contributed by atoms with Crippen LogP contribution in [0, 0.1) is 5.82 Å². The number of likely N-dealkylation sites (tertiary alicyclic amines) is 1. The molecule has 5 nitrogen and oxygen atoms in total. The number of benzene rings is 1. The van der Waals surface area contributed by atoms with Crippen molar-refractivity contribution in [1.82, 2.24) is 10.2 Å². The van der Waals surface area contributed by atoms with Crippen LogP contribution in [0.25, 0.3) is 0 Å². The van der Waals surface area contributed by atoms with Crippen molar-refractivity contribution < 1.29 is 14.0 Å². The molecule has 1 aromatic rings. The Morgan fingerprint density at radius 3 is 2.85 bits per heavy atom.